The monoisotopic (exact) mass is 1540 g/mol. The standard InChI is InChI=1S/C72H137NO31S/c1-3-5-6-7-8-9-10-12-70-13-14-72(71(69-70)11-4-2)102-67-65-100-63-61-98-59-57-96-55-53-94-51-49-92-47-45-90-43-41-88-39-37-86-35-33-84-31-29-82-27-25-80-23-21-78-19-17-76-15-16-77-18-20-79-22-24-81-26-28-83-30-32-85-34-36-87-38-40-89-42-44-91-46-48-93-50-52-95-54-56-97-58-60-99-62-64-101-66-68-103-105(74,75)104-73/h4,11,13-14,69H,3,5-10,12,15-68,73H2,1-2H3/q+1/b11-4+. The Hall–Kier alpha value is -2.29. The Bertz CT molecular complexity index is 1920. The van der Waals surface area contributed by atoms with E-state index in [1.54, 1.807) is 0 Å². The van der Waals surface area contributed by atoms with Crippen LogP contribution in [0.3, 0.4) is 0 Å². The van der Waals surface area contributed by atoms with E-state index in [4.69, 9.17) is 128 Å². The number of ether oxygens (including phenoxy) is 27. The molecule has 1 unspecified atom stereocenters. The van der Waals surface area contributed by atoms with E-state index in [9.17, 15) is 8.76 Å². The molecule has 2 N–H and O–H groups in total. The van der Waals surface area contributed by atoms with Crippen LogP contribution in [0.1, 0.15) is 69.9 Å². The third-order valence-corrected chi connectivity index (χ3v) is 14.5. The van der Waals surface area contributed by atoms with Gasteiger partial charge in [0.15, 0.2) is 0 Å². The summed E-state index contributed by atoms with van der Waals surface area (Å²) in [5, 5.41) is 0. The first-order valence-electron chi connectivity index (χ1n) is 37.7. The fraction of sp³-hybridized carbons (Fsp3) is 0.889. The van der Waals surface area contributed by atoms with Gasteiger partial charge in [0, 0.05) is 9.77 Å². The predicted octanol–water partition coefficient (Wildman–Crippen LogP) is 5.41. The molecule has 1 radical (unpaired) electrons. The molecule has 0 spiro atoms. The SMILES string of the molecule is C/C=C/c1cc(CCCCCCCCC)ccc1OCCOCCOCCOCCOCCOCCOCCOCCOCCOCCOCCOCCOCCOCCOCCOCCOCCOCCOCCOCCOCCOCCOCCOCCOCCOCCOCCO[S+]([O])(=O)ON. The number of aryl methyl sites for hydroxylation is 1. The molecule has 621 valence electrons. The van der Waals surface area contributed by atoms with Crippen molar-refractivity contribution in [2.45, 2.75) is 65.2 Å². The number of benzene rings is 1. The summed E-state index contributed by atoms with van der Waals surface area (Å²) >= 11 is 0. The quantitative estimate of drug-likeness (QED) is 0.0484. The molecular weight excluding hydrogens is 1410 g/mol. The third kappa shape index (κ3) is 81.0. The molecule has 32 nitrogen and oxygen atoms in total. The second-order valence-electron chi connectivity index (χ2n) is 22.3. The van der Waals surface area contributed by atoms with Crippen LogP contribution >= 0.6 is 0 Å². The van der Waals surface area contributed by atoms with Crippen molar-refractivity contribution >= 4 is 16.9 Å². The Balaban J connectivity index is 1.63. The molecule has 0 aliphatic carbocycles. The van der Waals surface area contributed by atoms with Crippen LogP contribution in [0, 0.1) is 0 Å². The van der Waals surface area contributed by atoms with Crippen molar-refractivity contribution in [3.05, 3.63) is 35.4 Å². The summed E-state index contributed by atoms with van der Waals surface area (Å²) in [5.41, 5.74) is 2.49. The van der Waals surface area contributed by atoms with E-state index < -0.39 is 10.8 Å². The fourth-order valence-corrected chi connectivity index (χ4v) is 8.84. The molecule has 105 heavy (non-hydrogen) atoms. The molecule has 0 saturated heterocycles. The Morgan fingerprint density at radius 3 is 0.695 bits per heavy atom. The molecular formula is C72H137NO31S+. The highest BCUT2D eigenvalue weighted by Gasteiger charge is 2.32. The van der Waals surface area contributed by atoms with Gasteiger partial charge in [-0.2, -0.15) is 5.90 Å². The molecule has 1 aromatic carbocycles. The van der Waals surface area contributed by atoms with Gasteiger partial charge in [0.05, 0.1) is 344 Å². The fourth-order valence-electron chi connectivity index (χ4n) is 8.51. The second kappa shape index (κ2) is 87.3. The number of rotatable bonds is 93. The van der Waals surface area contributed by atoms with E-state index in [2.05, 4.69) is 51.6 Å². The van der Waals surface area contributed by atoms with Crippen LogP contribution in [-0.2, 0) is 158 Å². The van der Waals surface area contributed by atoms with Gasteiger partial charge in [-0.25, -0.2) is 0 Å². The Morgan fingerprint density at radius 2 is 0.486 bits per heavy atom. The molecule has 0 aliphatic rings. The lowest BCUT2D eigenvalue weighted by Gasteiger charge is -2.12. The molecule has 1 atom stereocenters. The molecule has 33 heteroatoms. The lowest BCUT2D eigenvalue weighted by atomic mass is 10.0. The minimum Gasteiger partial charge on any atom is -0.491 e. The Labute approximate surface area is 628 Å². The summed E-state index contributed by atoms with van der Waals surface area (Å²) in [6.07, 6.45) is 14.5. The summed E-state index contributed by atoms with van der Waals surface area (Å²) < 4.78 is 179. The van der Waals surface area contributed by atoms with Gasteiger partial charge in [0.1, 0.15) is 23.5 Å². The van der Waals surface area contributed by atoms with E-state index in [-0.39, 0.29) is 19.8 Å². The Morgan fingerprint density at radius 1 is 0.286 bits per heavy atom. The molecule has 0 heterocycles. The van der Waals surface area contributed by atoms with Crippen LogP contribution in [0.4, 0.5) is 0 Å². The summed E-state index contributed by atoms with van der Waals surface area (Å²) in [4.78, 5) is 0. The van der Waals surface area contributed by atoms with Gasteiger partial charge in [-0.1, -0.05) is 63.7 Å². The predicted molar refractivity (Wildman–Crippen MR) is 390 cm³/mol. The molecule has 0 aromatic heterocycles. The van der Waals surface area contributed by atoms with Crippen molar-refractivity contribution in [3.8, 4) is 5.75 Å². The highest BCUT2D eigenvalue weighted by atomic mass is 32.3. The van der Waals surface area contributed by atoms with Crippen LogP contribution in [0.25, 0.3) is 6.08 Å². The van der Waals surface area contributed by atoms with Gasteiger partial charge >= 0.3 is 10.8 Å². The molecule has 1 aromatic rings. The van der Waals surface area contributed by atoms with Gasteiger partial charge in [-0.15, -0.1) is 4.18 Å². The maximum Gasteiger partial charge on any atom is 0.564 e. The van der Waals surface area contributed by atoms with Crippen molar-refractivity contribution in [2.75, 3.05) is 357 Å². The van der Waals surface area contributed by atoms with Crippen LogP contribution in [0.5, 0.6) is 5.75 Å². The van der Waals surface area contributed by atoms with Crippen molar-refractivity contribution in [3.63, 3.8) is 0 Å². The van der Waals surface area contributed by atoms with Crippen LogP contribution < -0.4 is 10.6 Å². The lowest BCUT2D eigenvalue weighted by molar-refractivity contribution is -0.0322. The first-order valence-corrected chi connectivity index (χ1v) is 39.0. The summed E-state index contributed by atoms with van der Waals surface area (Å²) in [5.74, 6) is 5.43. The van der Waals surface area contributed by atoms with Gasteiger partial charge in [0.2, 0.25) is 0 Å². The topological polar surface area (TPSA) is 331 Å². The van der Waals surface area contributed by atoms with Crippen molar-refractivity contribution in [2.24, 2.45) is 5.90 Å². The lowest BCUT2D eigenvalue weighted by Crippen LogP contribution is -2.22. The maximum absolute atomic E-state index is 10.9. The number of hydrogen-bond acceptors (Lipinski definition) is 31. The van der Waals surface area contributed by atoms with E-state index >= 15 is 0 Å². The first-order chi connectivity index (χ1) is 52.0. The number of nitrogens with two attached hydrogens (primary N) is 1. The number of hydrogen-bond donors (Lipinski definition) is 1. The van der Waals surface area contributed by atoms with E-state index in [0.29, 0.717) is 337 Å². The summed E-state index contributed by atoms with van der Waals surface area (Å²) in [6, 6.07) is 6.53. The second-order valence-corrected chi connectivity index (χ2v) is 23.6. The smallest absolute Gasteiger partial charge is 0.491 e. The molecule has 0 aliphatic heterocycles. The molecule has 1 rings (SSSR count). The van der Waals surface area contributed by atoms with Gasteiger partial charge in [-0.05, 0) is 41.7 Å². The number of unbranched alkanes of at least 4 members (excludes halogenated alkanes) is 6. The van der Waals surface area contributed by atoms with Gasteiger partial charge in [-0.3, -0.25) is 0 Å². The van der Waals surface area contributed by atoms with Gasteiger partial charge < -0.3 is 128 Å². The molecule has 0 amide bonds. The zero-order chi connectivity index (χ0) is 75.1. The van der Waals surface area contributed by atoms with Crippen LogP contribution in [0.15, 0.2) is 24.3 Å². The minimum atomic E-state index is -4.16. The van der Waals surface area contributed by atoms with Crippen LogP contribution in [0.2, 0.25) is 0 Å². The largest absolute Gasteiger partial charge is 0.564 e. The van der Waals surface area contributed by atoms with Crippen molar-refractivity contribution in [1.82, 2.24) is 0 Å². The average Bonchev–Trinajstić information content (AvgIpc) is 0.867. The third-order valence-electron chi connectivity index (χ3n) is 13.8. The number of allylic oxidation sites excluding steroid dienone is 1. The Kier molecular flexibility index (Phi) is 83.7. The summed E-state index contributed by atoms with van der Waals surface area (Å²) in [7, 11) is -4.16. The molecule has 0 saturated carbocycles. The van der Waals surface area contributed by atoms with Crippen LogP contribution in [-0.4, -0.2) is 357 Å². The first kappa shape index (κ1) is 101. The zero-order valence-corrected chi connectivity index (χ0v) is 64.7. The van der Waals surface area contributed by atoms with Crippen molar-refractivity contribution in [1.29, 1.82) is 0 Å². The van der Waals surface area contributed by atoms with E-state index in [1.165, 1.54) is 50.5 Å². The highest BCUT2D eigenvalue weighted by Crippen LogP contribution is 2.23. The van der Waals surface area contributed by atoms with Gasteiger partial charge in [0.25, 0.3) is 0 Å². The normalized spacial score (nSPS) is 12.5. The van der Waals surface area contributed by atoms with E-state index in [1.807, 2.05) is 6.92 Å². The van der Waals surface area contributed by atoms with E-state index in [0.717, 1.165) is 17.7 Å². The minimum absolute atomic E-state index is 0.0515. The maximum atomic E-state index is 10.9. The molecule has 0 bridgehead atoms. The summed E-state index contributed by atoms with van der Waals surface area (Å²) in [6.45, 7) is 28.4. The average molecular weight is 1540 g/mol. The molecule has 0 fully saturated rings. The highest BCUT2D eigenvalue weighted by molar-refractivity contribution is 7.88. The zero-order valence-electron chi connectivity index (χ0n) is 63.9. The van der Waals surface area contributed by atoms with Crippen molar-refractivity contribution < 1.29 is 145 Å².